The minimum absolute atomic E-state index is 0.00645. The number of guanidine groups is 1. The molecule has 29 heavy (non-hydrogen) atoms. The maximum atomic E-state index is 12.7. The second-order valence-corrected chi connectivity index (χ2v) is 9.18. The average molecular weight is 416 g/mol. The minimum atomic E-state index is -0.124. The molecule has 2 fully saturated rings. The summed E-state index contributed by atoms with van der Waals surface area (Å²) in [5.74, 6) is 0.958. The van der Waals surface area contributed by atoms with Crippen LogP contribution in [-0.2, 0) is 9.59 Å². The van der Waals surface area contributed by atoms with Crippen molar-refractivity contribution in [2.24, 2.45) is 28.7 Å². The summed E-state index contributed by atoms with van der Waals surface area (Å²) in [5, 5.41) is 8.68. The Kier molecular flexibility index (Phi) is 5.74. The number of thiophene rings is 1. The molecule has 2 heterocycles. The van der Waals surface area contributed by atoms with Gasteiger partial charge in [0.2, 0.25) is 11.8 Å². The number of allylic oxidation sites excluding steroid dienone is 2. The average Bonchev–Trinajstić information content (AvgIpc) is 3.48. The molecule has 2 aliphatic carbocycles. The molecule has 0 radical (unpaired) electrons. The first-order chi connectivity index (χ1) is 14.0. The first-order valence-corrected chi connectivity index (χ1v) is 11.1. The zero-order valence-corrected chi connectivity index (χ0v) is 18.0. The van der Waals surface area contributed by atoms with Crippen molar-refractivity contribution in [2.75, 3.05) is 40.8 Å². The zero-order valence-electron chi connectivity index (χ0n) is 17.2. The number of likely N-dealkylation sites (tertiary alicyclic amines) is 1. The molecule has 1 aliphatic heterocycles. The molecule has 156 valence electrons. The lowest BCUT2D eigenvalue weighted by Gasteiger charge is -2.25. The Balaban J connectivity index is 1.27. The number of nitrogens with zero attached hydrogens (tertiary/aromatic N) is 3. The molecular weight excluding hydrogens is 386 g/mol. The van der Waals surface area contributed by atoms with Crippen LogP contribution in [0.5, 0.6) is 0 Å². The molecule has 8 heteroatoms. The van der Waals surface area contributed by atoms with E-state index < -0.39 is 0 Å². The third-order valence-electron chi connectivity index (χ3n) is 6.37. The van der Waals surface area contributed by atoms with E-state index in [4.69, 9.17) is 0 Å². The fourth-order valence-corrected chi connectivity index (χ4v) is 5.83. The van der Waals surface area contributed by atoms with E-state index in [0.29, 0.717) is 25.6 Å². The molecule has 3 aliphatic rings. The van der Waals surface area contributed by atoms with Gasteiger partial charge in [-0.1, -0.05) is 18.2 Å². The van der Waals surface area contributed by atoms with E-state index in [9.17, 15) is 9.59 Å². The normalized spacial score (nSPS) is 29.1. The molecule has 5 atom stereocenters. The van der Waals surface area contributed by atoms with Crippen LogP contribution in [0.4, 0.5) is 0 Å². The van der Waals surface area contributed by atoms with Crippen LogP contribution in [-0.4, -0.2) is 68.4 Å². The third kappa shape index (κ3) is 3.71. The number of amides is 2. The Morgan fingerprint density at radius 1 is 1.24 bits per heavy atom. The lowest BCUT2D eigenvalue weighted by atomic mass is 9.85. The van der Waals surface area contributed by atoms with Crippen LogP contribution in [0.1, 0.15) is 17.3 Å². The lowest BCUT2D eigenvalue weighted by molar-refractivity contribution is -0.140. The molecule has 1 saturated carbocycles. The molecule has 1 aromatic rings. The first kappa shape index (κ1) is 20.1. The van der Waals surface area contributed by atoms with Crippen molar-refractivity contribution in [3.8, 4) is 0 Å². The molecule has 2 N–H and O–H groups in total. The van der Waals surface area contributed by atoms with E-state index in [1.807, 2.05) is 0 Å². The third-order valence-corrected chi connectivity index (χ3v) is 7.34. The van der Waals surface area contributed by atoms with E-state index in [1.165, 1.54) is 9.78 Å². The highest BCUT2D eigenvalue weighted by Gasteiger charge is 2.58. The molecule has 4 rings (SSSR count). The zero-order chi connectivity index (χ0) is 20.5. The highest BCUT2D eigenvalue weighted by atomic mass is 32.1. The summed E-state index contributed by atoms with van der Waals surface area (Å²) in [5.41, 5.74) is 0. The van der Waals surface area contributed by atoms with Crippen LogP contribution in [0.25, 0.3) is 0 Å². The number of rotatable bonds is 7. The Labute approximate surface area is 175 Å². The number of likely N-dealkylation sites (N-methyl/N-ethyl adjacent to an activating group) is 1. The Hall–Kier alpha value is -2.19. The van der Waals surface area contributed by atoms with Crippen molar-refractivity contribution < 1.29 is 9.59 Å². The first-order valence-electron chi connectivity index (χ1n) is 10.2. The molecule has 7 nitrogen and oxygen atoms in total. The van der Waals surface area contributed by atoms with Gasteiger partial charge in [-0.25, -0.2) is 0 Å². The quantitative estimate of drug-likeness (QED) is 0.304. The second kappa shape index (κ2) is 8.28. The summed E-state index contributed by atoms with van der Waals surface area (Å²) in [6.07, 6.45) is 5.21. The predicted molar refractivity (Wildman–Crippen MR) is 115 cm³/mol. The number of hydrogen-bond donors (Lipinski definition) is 2. The van der Waals surface area contributed by atoms with Crippen molar-refractivity contribution >= 4 is 29.1 Å². The van der Waals surface area contributed by atoms with E-state index in [0.717, 1.165) is 6.42 Å². The summed E-state index contributed by atoms with van der Waals surface area (Å²) < 4.78 is 0. The van der Waals surface area contributed by atoms with Crippen LogP contribution < -0.4 is 10.6 Å². The summed E-state index contributed by atoms with van der Waals surface area (Å²) >= 11 is 1.74. The van der Waals surface area contributed by atoms with Crippen molar-refractivity contribution in [3.63, 3.8) is 0 Å². The number of carbonyl (C=O) groups is 2. The van der Waals surface area contributed by atoms with Crippen LogP contribution in [0.2, 0.25) is 0 Å². The maximum Gasteiger partial charge on any atom is 0.233 e. The summed E-state index contributed by atoms with van der Waals surface area (Å²) in [7, 11) is 5.85. The predicted octanol–water partition coefficient (Wildman–Crippen LogP) is 1.32. The van der Waals surface area contributed by atoms with Crippen molar-refractivity contribution in [2.45, 2.75) is 12.5 Å². The Morgan fingerprint density at radius 2 is 1.93 bits per heavy atom. The summed E-state index contributed by atoms with van der Waals surface area (Å²) in [6, 6.07) is 4.44. The van der Waals surface area contributed by atoms with Gasteiger partial charge in [-0.15, -0.1) is 11.3 Å². The van der Waals surface area contributed by atoms with Crippen LogP contribution in [0.15, 0.2) is 34.7 Å². The number of aliphatic imine (C=N–C) groups is 1. The van der Waals surface area contributed by atoms with Crippen LogP contribution in [0, 0.1) is 23.7 Å². The van der Waals surface area contributed by atoms with Gasteiger partial charge in [0.25, 0.3) is 0 Å². The largest absolute Gasteiger partial charge is 0.355 e. The lowest BCUT2D eigenvalue weighted by Crippen LogP contribution is -2.45. The van der Waals surface area contributed by atoms with E-state index in [-0.39, 0.29) is 41.5 Å². The van der Waals surface area contributed by atoms with Crippen molar-refractivity contribution in [3.05, 3.63) is 34.5 Å². The monoisotopic (exact) mass is 415 g/mol. The Bertz CT molecular complexity index is 789. The molecule has 1 saturated heterocycles. The van der Waals surface area contributed by atoms with Crippen molar-refractivity contribution in [1.29, 1.82) is 0 Å². The number of imide groups is 1. The minimum Gasteiger partial charge on any atom is -0.355 e. The van der Waals surface area contributed by atoms with Gasteiger partial charge < -0.3 is 15.5 Å². The van der Waals surface area contributed by atoms with Crippen LogP contribution >= 0.6 is 11.3 Å². The molecule has 0 spiro atoms. The number of fused-ring (bicyclic) bond motifs is 5. The van der Waals surface area contributed by atoms with Gasteiger partial charge >= 0.3 is 0 Å². The highest BCUT2D eigenvalue weighted by Crippen LogP contribution is 2.52. The second-order valence-electron chi connectivity index (χ2n) is 8.20. The van der Waals surface area contributed by atoms with Gasteiger partial charge in [0.1, 0.15) is 0 Å². The fraction of sp³-hybridized carbons (Fsp3) is 0.571. The maximum absolute atomic E-state index is 12.7. The van der Waals surface area contributed by atoms with E-state index in [2.05, 4.69) is 64.3 Å². The van der Waals surface area contributed by atoms with Gasteiger partial charge in [0, 0.05) is 31.6 Å². The van der Waals surface area contributed by atoms with Gasteiger partial charge in [0.15, 0.2) is 5.96 Å². The van der Waals surface area contributed by atoms with Gasteiger partial charge in [-0.05, 0) is 43.8 Å². The summed E-state index contributed by atoms with van der Waals surface area (Å²) in [4.78, 5) is 34.7. The highest BCUT2D eigenvalue weighted by molar-refractivity contribution is 7.10. The smallest absolute Gasteiger partial charge is 0.233 e. The molecule has 2 bridgehead atoms. The van der Waals surface area contributed by atoms with Gasteiger partial charge in [-0.2, -0.15) is 0 Å². The number of carbonyl (C=O) groups excluding carboxylic acids is 2. The molecular formula is C21H29N5O2S. The summed E-state index contributed by atoms with van der Waals surface area (Å²) in [6.45, 7) is 1.59. The Morgan fingerprint density at radius 3 is 2.48 bits per heavy atom. The van der Waals surface area contributed by atoms with Gasteiger partial charge in [-0.3, -0.25) is 19.5 Å². The SMILES string of the molecule is CN=C(NCCN1C(=O)C2C3C=CC(C3)C2C1=O)NCC(c1cccs1)N(C)C. The molecule has 2 amide bonds. The molecule has 1 aromatic heterocycles. The molecule has 5 unspecified atom stereocenters. The molecule has 0 aromatic carbocycles. The van der Waals surface area contributed by atoms with Crippen molar-refractivity contribution in [1.82, 2.24) is 20.4 Å². The van der Waals surface area contributed by atoms with E-state index in [1.54, 1.807) is 18.4 Å². The fourth-order valence-electron chi connectivity index (χ4n) is 4.90. The number of nitrogens with one attached hydrogen (secondary N) is 2. The topological polar surface area (TPSA) is 77.0 Å². The van der Waals surface area contributed by atoms with Gasteiger partial charge in [0.05, 0.1) is 17.9 Å². The standard InChI is InChI=1S/C21H29N5O2S/c1-22-21(24-12-15(25(2)3)16-5-4-10-29-16)23-8-9-26-19(27)17-13-6-7-14(11-13)18(17)20(26)28/h4-7,10,13-15,17-18H,8-9,11-12H2,1-3H3,(H2,22,23,24). The number of hydrogen-bond acceptors (Lipinski definition) is 5. The van der Waals surface area contributed by atoms with E-state index >= 15 is 0 Å². The van der Waals surface area contributed by atoms with Crippen LogP contribution in [0.3, 0.4) is 0 Å².